The molecule has 1 atom stereocenters. The first-order valence-corrected chi connectivity index (χ1v) is 5.69. The van der Waals surface area contributed by atoms with E-state index < -0.39 is 15.8 Å². The minimum Gasteiger partial charge on any atom is -0.299 e. The van der Waals surface area contributed by atoms with E-state index in [0.717, 1.165) is 6.07 Å². The van der Waals surface area contributed by atoms with Gasteiger partial charge in [0.15, 0.2) is 0 Å². The maximum absolute atomic E-state index is 11.6. The molecule has 102 valence electrons. The van der Waals surface area contributed by atoms with Crippen molar-refractivity contribution >= 4 is 17.2 Å². The summed E-state index contributed by atoms with van der Waals surface area (Å²) in [6.45, 7) is 4.91. The number of Topliss-reactive ketones (excluding diaryl/α,β-unsaturated/α-hetero) is 1. The van der Waals surface area contributed by atoms with Crippen molar-refractivity contribution in [3.05, 3.63) is 44.0 Å². The number of ketones is 1. The molecule has 7 heteroatoms. The van der Waals surface area contributed by atoms with E-state index in [1.54, 1.807) is 13.8 Å². The van der Waals surface area contributed by atoms with Gasteiger partial charge in [-0.05, 0) is 18.9 Å². The van der Waals surface area contributed by atoms with Crippen LogP contribution in [0.4, 0.5) is 11.4 Å². The van der Waals surface area contributed by atoms with Crippen LogP contribution in [-0.4, -0.2) is 15.6 Å². The molecule has 0 heterocycles. The first-order valence-electron chi connectivity index (χ1n) is 5.69. The summed E-state index contributed by atoms with van der Waals surface area (Å²) >= 11 is 0. The normalized spacial score (nSPS) is 12.2. The first-order chi connectivity index (χ1) is 8.75. The van der Waals surface area contributed by atoms with Gasteiger partial charge in [0.25, 0.3) is 11.4 Å². The van der Waals surface area contributed by atoms with Crippen LogP contribution < -0.4 is 0 Å². The molecule has 0 spiro atoms. The van der Waals surface area contributed by atoms with Gasteiger partial charge in [-0.25, -0.2) is 0 Å². The quantitative estimate of drug-likeness (QED) is 0.602. The van der Waals surface area contributed by atoms with Crippen LogP contribution in [0.15, 0.2) is 18.2 Å². The van der Waals surface area contributed by atoms with Gasteiger partial charge in [0, 0.05) is 11.6 Å². The highest BCUT2D eigenvalue weighted by atomic mass is 16.6. The smallest absolute Gasteiger partial charge is 0.280 e. The van der Waals surface area contributed by atoms with E-state index in [1.807, 2.05) is 0 Å². The van der Waals surface area contributed by atoms with Gasteiger partial charge >= 0.3 is 0 Å². The fourth-order valence-corrected chi connectivity index (χ4v) is 2.11. The van der Waals surface area contributed by atoms with Crippen LogP contribution in [0.1, 0.15) is 32.3 Å². The SMILES string of the molecule is CC(=O)C(c1ccc([N+](=O)[O-])cc1[N+](=O)[O-])C(C)C. The lowest BCUT2D eigenvalue weighted by atomic mass is 9.84. The highest BCUT2D eigenvalue weighted by Gasteiger charge is 2.29. The summed E-state index contributed by atoms with van der Waals surface area (Å²) in [5.74, 6) is -0.967. The van der Waals surface area contributed by atoms with E-state index in [1.165, 1.54) is 19.1 Å². The zero-order valence-electron chi connectivity index (χ0n) is 10.8. The van der Waals surface area contributed by atoms with Crippen molar-refractivity contribution < 1.29 is 14.6 Å². The summed E-state index contributed by atoms with van der Waals surface area (Å²) in [6.07, 6.45) is 0. The number of non-ortho nitro benzene ring substituents is 1. The molecular formula is C12H14N2O5. The van der Waals surface area contributed by atoms with E-state index in [2.05, 4.69) is 0 Å². The van der Waals surface area contributed by atoms with E-state index in [4.69, 9.17) is 0 Å². The lowest BCUT2D eigenvalue weighted by molar-refractivity contribution is -0.394. The molecule has 0 aliphatic carbocycles. The number of nitro benzene ring substituents is 2. The number of hydrogen-bond donors (Lipinski definition) is 0. The third-order valence-electron chi connectivity index (χ3n) is 2.86. The van der Waals surface area contributed by atoms with Crippen LogP contribution in [0.3, 0.4) is 0 Å². The van der Waals surface area contributed by atoms with Crippen LogP contribution in [0.25, 0.3) is 0 Å². The van der Waals surface area contributed by atoms with E-state index in [0.29, 0.717) is 0 Å². The van der Waals surface area contributed by atoms with Crippen molar-refractivity contribution in [2.24, 2.45) is 5.92 Å². The molecule has 0 saturated heterocycles. The van der Waals surface area contributed by atoms with Gasteiger partial charge in [-0.15, -0.1) is 0 Å². The maximum atomic E-state index is 11.6. The zero-order valence-corrected chi connectivity index (χ0v) is 10.8. The third kappa shape index (κ3) is 3.12. The second-order valence-corrected chi connectivity index (χ2v) is 4.59. The van der Waals surface area contributed by atoms with Crippen LogP contribution in [0.5, 0.6) is 0 Å². The molecule has 0 aliphatic heterocycles. The van der Waals surface area contributed by atoms with Gasteiger partial charge < -0.3 is 0 Å². The number of nitro groups is 2. The lowest BCUT2D eigenvalue weighted by Crippen LogP contribution is -2.17. The molecule has 0 radical (unpaired) electrons. The van der Waals surface area contributed by atoms with Crippen LogP contribution >= 0.6 is 0 Å². The summed E-state index contributed by atoms with van der Waals surface area (Å²) in [5.41, 5.74) is -0.525. The number of rotatable bonds is 5. The Morgan fingerprint density at radius 1 is 1.16 bits per heavy atom. The second kappa shape index (κ2) is 5.55. The Bertz CT molecular complexity index is 539. The molecular weight excluding hydrogens is 252 g/mol. The van der Waals surface area contributed by atoms with Crippen LogP contribution in [0.2, 0.25) is 0 Å². The average Bonchev–Trinajstić information content (AvgIpc) is 2.27. The molecule has 0 bridgehead atoms. The summed E-state index contributed by atoms with van der Waals surface area (Å²) in [7, 11) is 0. The molecule has 1 aromatic rings. The van der Waals surface area contributed by atoms with Gasteiger partial charge in [0.05, 0.1) is 21.8 Å². The molecule has 0 fully saturated rings. The number of nitrogens with zero attached hydrogens (tertiary/aromatic N) is 2. The van der Waals surface area contributed by atoms with Crippen molar-refractivity contribution in [1.82, 2.24) is 0 Å². The molecule has 1 rings (SSSR count). The van der Waals surface area contributed by atoms with Gasteiger partial charge in [0.1, 0.15) is 5.78 Å². The molecule has 0 amide bonds. The summed E-state index contributed by atoms with van der Waals surface area (Å²) in [4.78, 5) is 31.9. The number of benzene rings is 1. The van der Waals surface area contributed by atoms with Crippen LogP contribution in [-0.2, 0) is 4.79 Å². The third-order valence-corrected chi connectivity index (χ3v) is 2.86. The Hall–Kier alpha value is -2.31. The molecule has 1 unspecified atom stereocenters. The van der Waals surface area contributed by atoms with Crippen molar-refractivity contribution in [2.75, 3.05) is 0 Å². The molecule has 19 heavy (non-hydrogen) atoms. The number of carbonyl (C=O) groups is 1. The second-order valence-electron chi connectivity index (χ2n) is 4.59. The predicted octanol–water partition coefficient (Wildman–Crippen LogP) is 2.83. The first kappa shape index (κ1) is 14.7. The number of carbonyl (C=O) groups excluding carboxylic acids is 1. The van der Waals surface area contributed by atoms with Crippen molar-refractivity contribution in [3.8, 4) is 0 Å². The standard InChI is InChI=1S/C12H14N2O5/c1-7(2)12(8(3)15)10-5-4-9(13(16)17)6-11(10)14(18)19/h4-7,12H,1-3H3. The molecule has 7 nitrogen and oxygen atoms in total. The molecule has 0 aliphatic rings. The van der Waals surface area contributed by atoms with Crippen molar-refractivity contribution in [1.29, 1.82) is 0 Å². The molecule has 0 aromatic heterocycles. The fraction of sp³-hybridized carbons (Fsp3) is 0.417. The minimum absolute atomic E-state index is 0.127. The highest BCUT2D eigenvalue weighted by molar-refractivity contribution is 5.85. The Morgan fingerprint density at radius 3 is 2.11 bits per heavy atom. The maximum Gasteiger partial charge on any atom is 0.280 e. The topological polar surface area (TPSA) is 103 Å². The van der Waals surface area contributed by atoms with Crippen LogP contribution in [0, 0.1) is 26.1 Å². The monoisotopic (exact) mass is 266 g/mol. The van der Waals surface area contributed by atoms with Gasteiger partial charge in [-0.2, -0.15) is 0 Å². The van der Waals surface area contributed by atoms with Crippen molar-refractivity contribution in [2.45, 2.75) is 26.7 Å². The van der Waals surface area contributed by atoms with Gasteiger partial charge in [0.2, 0.25) is 0 Å². The summed E-state index contributed by atoms with van der Waals surface area (Å²) in [6, 6.07) is 3.37. The fourth-order valence-electron chi connectivity index (χ4n) is 2.11. The largest absolute Gasteiger partial charge is 0.299 e. The molecule has 1 aromatic carbocycles. The molecule has 0 saturated carbocycles. The van der Waals surface area contributed by atoms with Gasteiger partial charge in [-0.1, -0.05) is 13.8 Å². The highest BCUT2D eigenvalue weighted by Crippen LogP contribution is 2.34. The lowest BCUT2D eigenvalue weighted by Gasteiger charge is -2.17. The molecule has 0 N–H and O–H groups in total. The van der Waals surface area contributed by atoms with E-state index in [-0.39, 0.29) is 28.6 Å². The van der Waals surface area contributed by atoms with E-state index >= 15 is 0 Å². The van der Waals surface area contributed by atoms with E-state index in [9.17, 15) is 25.0 Å². The Morgan fingerprint density at radius 2 is 1.74 bits per heavy atom. The average molecular weight is 266 g/mol. The predicted molar refractivity (Wildman–Crippen MR) is 68.0 cm³/mol. The zero-order chi connectivity index (χ0) is 14.7. The Labute approximate surface area is 109 Å². The Kier molecular flexibility index (Phi) is 4.31. The minimum atomic E-state index is -0.699. The van der Waals surface area contributed by atoms with Gasteiger partial charge in [-0.3, -0.25) is 25.0 Å². The summed E-state index contributed by atoms with van der Waals surface area (Å²) in [5, 5.41) is 21.7. The number of hydrogen-bond acceptors (Lipinski definition) is 5. The summed E-state index contributed by atoms with van der Waals surface area (Å²) < 4.78 is 0. The van der Waals surface area contributed by atoms with Crippen molar-refractivity contribution in [3.63, 3.8) is 0 Å². The Balaban J connectivity index is 3.46.